The van der Waals surface area contributed by atoms with Crippen molar-refractivity contribution in [3.05, 3.63) is 66.5 Å². The molecule has 2 aliphatic rings. The lowest BCUT2D eigenvalue weighted by atomic mass is 10.0. The van der Waals surface area contributed by atoms with Crippen LogP contribution in [0.3, 0.4) is 0 Å². The number of aryl methyl sites for hydroxylation is 1. The highest BCUT2D eigenvalue weighted by molar-refractivity contribution is 6.07. The number of carbonyl (C=O) groups is 2. The molecule has 45 heavy (non-hydrogen) atoms. The lowest BCUT2D eigenvalue weighted by molar-refractivity contribution is -0.117. The first-order valence-corrected chi connectivity index (χ1v) is 15.6. The van der Waals surface area contributed by atoms with Crippen LogP contribution in [0.4, 0.5) is 16.4 Å². The minimum absolute atomic E-state index is 0.0103. The molecule has 0 spiro atoms. The molecule has 2 aliphatic heterocycles. The first-order valence-electron chi connectivity index (χ1n) is 15.6. The number of nitrogens with one attached hydrogen (secondary N) is 1. The monoisotopic (exact) mass is 608 g/mol. The summed E-state index contributed by atoms with van der Waals surface area (Å²) >= 11 is 0. The number of likely N-dealkylation sites (tertiary alicyclic amines) is 1. The van der Waals surface area contributed by atoms with Crippen molar-refractivity contribution in [3.8, 4) is 22.9 Å². The molecule has 2 amide bonds. The molecule has 234 valence electrons. The lowest BCUT2D eigenvalue weighted by Crippen LogP contribution is -2.47. The fourth-order valence-electron chi connectivity index (χ4n) is 6.08. The molecular weight excluding hydrogens is 568 g/mol. The summed E-state index contributed by atoms with van der Waals surface area (Å²) in [5, 5.41) is 5.28. The number of ether oxygens (including phenoxy) is 2. The normalized spacial score (nSPS) is 18.7. The van der Waals surface area contributed by atoms with E-state index in [4.69, 9.17) is 14.5 Å². The van der Waals surface area contributed by atoms with Gasteiger partial charge in [0.15, 0.2) is 0 Å². The molecule has 4 heterocycles. The van der Waals surface area contributed by atoms with Crippen LogP contribution >= 0.6 is 0 Å². The van der Waals surface area contributed by atoms with Gasteiger partial charge in [0.05, 0.1) is 16.9 Å². The summed E-state index contributed by atoms with van der Waals surface area (Å²) in [6.07, 6.45) is 6.25. The Morgan fingerprint density at radius 3 is 2.62 bits per heavy atom. The maximum absolute atomic E-state index is 12.8. The van der Waals surface area contributed by atoms with Gasteiger partial charge in [-0.3, -0.25) is 4.79 Å². The molecule has 0 radical (unpaired) electrons. The molecule has 2 saturated heterocycles. The van der Waals surface area contributed by atoms with E-state index in [2.05, 4.69) is 28.3 Å². The van der Waals surface area contributed by atoms with Gasteiger partial charge in [-0.1, -0.05) is 24.3 Å². The molecule has 2 fully saturated rings. The highest BCUT2D eigenvalue weighted by atomic mass is 16.6. The first-order chi connectivity index (χ1) is 21.6. The molecule has 2 aromatic heterocycles. The number of fused-ring (bicyclic) bond motifs is 1. The van der Waals surface area contributed by atoms with Gasteiger partial charge in [-0.25, -0.2) is 19.7 Å². The predicted molar refractivity (Wildman–Crippen MR) is 175 cm³/mol. The second-order valence-corrected chi connectivity index (χ2v) is 12.9. The second kappa shape index (κ2) is 12.3. The molecule has 2 atom stereocenters. The van der Waals surface area contributed by atoms with E-state index in [0.29, 0.717) is 42.8 Å². The van der Waals surface area contributed by atoms with E-state index < -0.39 is 5.60 Å². The van der Waals surface area contributed by atoms with Crippen LogP contribution in [0, 0.1) is 6.92 Å². The van der Waals surface area contributed by atoms with Gasteiger partial charge in [-0.2, -0.15) is 0 Å². The maximum atomic E-state index is 12.8. The van der Waals surface area contributed by atoms with Gasteiger partial charge in [-0.15, -0.1) is 0 Å². The van der Waals surface area contributed by atoms with Crippen LogP contribution in [0.2, 0.25) is 0 Å². The van der Waals surface area contributed by atoms with Crippen LogP contribution < -0.4 is 15.0 Å². The highest BCUT2D eigenvalue weighted by Gasteiger charge is 2.31. The molecular formula is C35H40N6O4. The number of rotatable bonds is 6. The number of carbonyl (C=O) groups excluding carboxylic acids is 2. The minimum Gasteiger partial charge on any atom is -0.444 e. The molecule has 0 aliphatic carbocycles. The van der Waals surface area contributed by atoms with E-state index in [0.717, 1.165) is 46.8 Å². The summed E-state index contributed by atoms with van der Waals surface area (Å²) in [5.41, 5.74) is 2.68. The van der Waals surface area contributed by atoms with E-state index in [9.17, 15) is 9.59 Å². The van der Waals surface area contributed by atoms with Gasteiger partial charge < -0.3 is 24.6 Å². The van der Waals surface area contributed by atoms with Crippen LogP contribution in [0.25, 0.3) is 22.0 Å². The summed E-state index contributed by atoms with van der Waals surface area (Å²) in [6, 6.07) is 15.8. The summed E-state index contributed by atoms with van der Waals surface area (Å²) < 4.78 is 12.2. The fraction of sp³-hybridized carbons (Fsp3) is 0.400. The number of nitrogens with zero attached hydrogens (tertiary/aromatic N) is 5. The second-order valence-electron chi connectivity index (χ2n) is 12.9. The predicted octanol–water partition coefficient (Wildman–Crippen LogP) is 7.12. The Hall–Kier alpha value is -4.73. The molecule has 4 aromatic rings. The number of benzene rings is 2. The third-order valence-corrected chi connectivity index (χ3v) is 8.24. The van der Waals surface area contributed by atoms with Crippen LogP contribution in [-0.4, -0.2) is 62.6 Å². The van der Waals surface area contributed by atoms with Crippen molar-refractivity contribution in [2.75, 3.05) is 23.3 Å². The Balaban J connectivity index is 1.26. The van der Waals surface area contributed by atoms with Gasteiger partial charge >= 0.3 is 6.09 Å². The van der Waals surface area contributed by atoms with E-state index in [-0.39, 0.29) is 24.1 Å². The molecule has 10 nitrogen and oxygen atoms in total. The zero-order valence-electron chi connectivity index (χ0n) is 26.5. The van der Waals surface area contributed by atoms with Gasteiger partial charge in [0.25, 0.3) is 0 Å². The molecule has 1 N–H and O–H groups in total. The Morgan fingerprint density at radius 1 is 1.00 bits per heavy atom. The van der Waals surface area contributed by atoms with Crippen molar-refractivity contribution in [1.82, 2.24) is 19.9 Å². The zero-order valence-corrected chi connectivity index (χ0v) is 26.5. The van der Waals surface area contributed by atoms with Gasteiger partial charge in [0.2, 0.25) is 17.7 Å². The molecule has 0 bridgehead atoms. The van der Waals surface area contributed by atoms with Crippen molar-refractivity contribution in [2.45, 2.75) is 78.0 Å². The average molecular weight is 609 g/mol. The number of aromatic nitrogens is 3. The number of hydrogen-bond acceptors (Lipinski definition) is 8. The third-order valence-electron chi connectivity index (χ3n) is 8.24. The SMILES string of the molecule is Cc1ccc2c(N3C(=O)CC[C@@H]3C)cccc2c1Oc1ncccc1-c1ccnc(N[C@H]2CCCN(C(=O)OC(C)(C)C)C2)n1. The van der Waals surface area contributed by atoms with Crippen molar-refractivity contribution in [2.24, 2.45) is 0 Å². The number of amides is 2. The molecule has 10 heteroatoms. The van der Waals surface area contributed by atoms with E-state index in [1.165, 1.54) is 0 Å². The van der Waals surface area contributed by atoms with E-state index >= 15 is 0 Å². The van der Waals surface area contributed by atoms with Crippen molar-refractivity contribution in [3.63, 3.8) is 0 Å². The number of anilines is 2. The third kappa shape index (κ3) is 6.55. The molecule has 0 unspecified atom stereocenters. The summed E-state index contributed by atoms with van der Waals surface area (Å²) in [7, 11) is 0. The number of hydrogen-bond donors (Lipinski definition) is 1. The van der Waals surface area contributed by atoms with Crippen LogP contribution in [0.15, 0.2) is 60.9 Å². The average Bonchev–Trinajstić information content (AvgIpc) is 3.35. The number of piperidine rings is 1. The topological polar surface area (TPSA) is 110 Å². The quantitative estimate of drug-likeness (QED) is 0.246. The first kappa shape index (κ1) is 30.3. The van der Waals surface area contributed by atoms with Crippen LogP contribution in [-0.2, 0) is 9.53 Å². The maximum Gasteiger partial charge on any atom is 0.410 e. The van der Waals surface area contributed by atoms with E-state index in [1.807, 2.05) is 75.1 Å². The van der Waals surface area contributed by atoms with Gasteiger partial charge in [-0.05, 0) is 83.7 Å². The van der Waals surface area contributed by atoms with E-state index in [1.54, 1.807) is 17.3 Å². The highest BCUT2D eigenvalue weighted by Crippen LogP contribution is 2.41. The van der Waals surface area contributed by atoms with Crippen LogP contribution in [0.5, 0.6) is 11.6 Å². The van der Waals surface area contributed by atoms with Crippen LogP contribution in [0.1, 0.15) is 58.9 Å². The summed E-state index contributed by atoms with van der Waals surface area (Å²) in [5.74, 6) is 1.71. The molecule has 2 aromatic carbocycles. The summed E-state index contributed by atoms with van der Waals surface area (Å²) in [4.78, 5) is 43.0. The lowest BCUT2D eigenvalue weighted by Gasteiger charge is -2.34. The Bertz CT molecular complexity index is 1740. The van der Waals surface area contributed by atoms with Gasteiger partial charge in [0.1, 0.15) is 11.4 Å². The Kier molecular flexibility index (Phi) is 8.31. The van der Waals surface area contributed by atoms with Crippen molar-refractivity contribution >= 4 is 34.4 Å². The number of pyridine rings is 1. The Labute approximate surface area is 263 Å². The largest absolute Gasteiger partial charge is 0.444 e. The Morgan fingerprint density at radius 2 is 1.84 bits per heavy atom. The van der Waals surface area contributed by atoms with Gasteiger partial charge in [0, 0.05) is 54.8 Å². The molecule has 6 rings (SSSR count). The van der Waals surface area contributed by atoms with Crippen molar-refractivity contribution < 1.29 is 19.1 Å². The standard InChI is InChI=1S/C35H40N6O4/c1-22-13-15-25-26(10-6-12-29(25)41-23(2)14-16-30(41)42)31(22)44-32-27(11-7-18-36-32)28-17-19-37-33(39-28)38-24-9-8-20-40(21-24)34(43)45-35(3,4)5/h6-7,10-13,15,17-19,23-24H,8-9,14,16,20-21H2,1-5H3,(H,37,38,39)/t23-,24-/m0/s1. The smallest absolute Gasteiger partial charge is 0.410 e. The summed E-state index contributed by atoms with van der Waals surface area (Å²) in [6.45, 7) is 10.9. The zero-order chi connectivity index (χ0) is 31.7. The van der Waals surface area contributed by atoms with Crippen molar-refractivity contribution in [1.29, 1.82) is 0 Å². The molecule has 0 saturated carbocycles. The fourth-order valence-corrected chi connectivity index (χ4v) is 6.08. The minimum atomic E-state index is -0.545.